The molecular formula is C14H13FN2O2. The summed E-state index contributed by atoms with van der Waals surface area (Å²) >= 11 is 0. The van der Waals surface area contributed by atoms with E-state index in [1.165, 1.54) is 19.2 Å². The summed E-state index contributed by atoms with van der Waals surface area (Å²) in [4.78, 5) is 0. The Morgan fingerprint density at radius 1 is 1.32 bits per heavy atom. The highest BCUT2D eigenvalue weighted by molar-refractivity contribution is 5.40. The minimum atomic E-state index is -2.46. The van der Waals surface area contributed by atoms with Gasteiger partial charge in [0.2, 0.25) is 5.67 Å². The molecule has 0 N–H and O–H groups in total. The number of ether oxygens (including phenoxy) is 2. The SMILES string of the molecule is C=C[C@](F)(c1ccccc1)C(C#N)(C#N)OCOC. The Labute approximate surface area is 111 Å². The zero-order valence-electron chi connectivity index (χ0n) is 10.5. The van der Waals surface area contributed by atoms with Gasteiger partial charge in [-0.3, -0.25) is 0 Å². The van der Waals surface area contributed by atoms with Crippen molar-refractivity contribution in [1.29, 1.82) is 10.5 Å². The first-order valence-electron chi connectivity index (χ1n) is 5.43. The Morgan fingerprint density at radius 3 is 2.32 bits per heavy atom. The molecule has 0 spiro atoms. The third-order valence-corrected chi connectivity index (χ3v) is 2.70. The summed E-state index contributed by atoms with van der Waals surface area (Å²) in [6, 6.07) is 11.0. The lowest BCUT2D eigenvalue weighted by atomic mass is 9.80. The maximum atomic E-state index is 15.2. The number of nitriles is 2. The van der Waals surface area contributed by atoms with E-state index in [0.717, 1.165) is 6.08 Å². The summed E-state index contributed by atoms with van der Waals surface area (Å²) in [5, 5.41) is 18.4. The number of rotatable bonds is 6. The van der Waals surface area contributed by atoms with Crippen LogP contribution in [-0.4, -0.2) is 19.5 Å². The Hall–Kier alpha value is -2.21. The molecule has 0 heterocycles. The number of alkyl halides is 1. The second-order valence-electron chi connectivity index (χ2n) is 3.74. The van der Waals surface area contributed by atoms with Crippen molar-refractivity contribution in [3.05, 3.63) is 48.6 Å². The van der Waals surface area contributed by atoms with Gasteiger partial charge in [-0.2, -0.15) is 10.5 Å². The van der Waals surface area contributed by atoms with Crippen molar-refractivity contribution in [3.63, 3.8) is 0 Å². The van der Waals surface area contributed by atoms with Gasteiger partial charge in [0, 0.05) is 7.11 Å². The first kappa shape index (κ1) is 14.8. The van der Waals surface area contributed by atoms with Crippen molar-refractivity contribution in [2.45, 2.75) is 11.3 Å². The number of methoxy groups -OCH3 is 1. The molecule has 0 radical (unpaired) electrons. The predicted octanol–water partition coefficient (Wildman–Crippen LogP) is 2.44. The number of hydrogen-bond acceptors (Lipinski definition) is 4. The Kier molecular flexibility index (Phi) is 4.77. The van der Waals surface area contributed by atoms with Crippen LogP contribution in [0.2, 0.25) is 0 Å². The van der Waals surface area contributed by atoms with E-state index in [4.69, 9.17) is 4.74 Å². The molecule has 0 aliphatic heterocycles. The molecule has 0 aliphatic carbocycles. The molecular weight excluding hydrogens is 247 g/mol. The van der Waals surface area contributed by atoms with E-state index in [9.17, 15) is 10.5 Å². The Bertz CT molecular complexity index is 504. The number of nitrogens with zero attached hydrogens (tertiary/aromatic N) is 2. The molecule has 0 fully saturated rings. The van der Waals surface area contributed by atoms with E-state index in [1.54, 1.807) is 30.3 Å². The lowest BCUT2D eigenvalue weighted by molar-refractivity contribution is -0.128. The third kappa shape index (κ3) is 2.48. The molecule has 5 heteroatoms. The van der Waals surface area contributed by atoms with Gasteiger partial charge in [0.1, 0.15) is 18.9 Å². The summed E-state index contributed by atoms with van der Waals surface area (Å²) in [6.07, 6.45) is 0.893. The Balaban J connectivity index is 3.36. The fourth-order valence-corrected chi connectivity index (χ4v) is 1.65. The molecule has 1 aromatic rings. The van der Waals surface area contributed by atoms with Gasteiger partial charge in [0.15, 0.2) is 0 Å². The van der Waals surface area contributed by atoms with E-state index in [2.05, 4.69) is 11.3 Å². The second-order valence-corrected chi connectivity index (χ2v) is 3.74. The van der Waals surface area contributed by atoms with Crippen LogP contribution in [0.3, 0.4) is 0 Å². The number of hydrogen-bond donors (Lipinski definition) is 0. The standard InChI is InChI=1S/C14H13FN2O2/c1-3-14(15,12-7-5-4-6-8-12)13(9-16,10-17)19-11-18-2/h3-8H,1,11H2,2H3/t14-/m0/s1. The summed E-state index contributed by atoms with van der Waals surface area (Å²) in [6.45, 7) is 3.00. The fourth-order valence-electron chi connectivity index (χ4n) is 1.65. The average molecular weight is 260 g/mol. The smallest absolute Gasteiger partial charge is 0.285 e. The largest absolute Gasteiger partial charge is 0.359 e. The molecule has 1 aromatic carbocycles. The normalized spacial score (nSPS) is 13.9. The molecule has 0 unspecified atom stereocenters. The van der Waals surface area contributed by atoms with Crippen molar-refractivity contribution >= 4 is 0 Å². The first-order valence-corrected chi connectivity index (χ1v) is 5.43. The molecule has 1 rings (SSSR count). The van der Waals surface area contributed by atoms with Gasteiger partial charge in [-0.05, 0) is 11.6 Å². The number of benzene rings is 1. The molecule has 0 saturated carbocycles. The highest BCUT2D eigenvalue weighted by Crippen LogP contribution is 2.40. The Morgan fingerprint density at radius 2 is 1.89 bits per heavy atom. The summed E-state index contributed by atoms with van der Waals surface area (Å²) in [7, 11) is 1.32. The summed E-state index contributed by atoms with van der Waals surface area (Å²) in [5.74, 6) is 0. The fraction of sp³-hybridized carbons (Fsp3) is 0.286. The maximum Gasteiger partial charge on any atom is 0.285 e. The molecule has 0 bridgehead atoms. The highest BCUT2D eigenvalue weighted by atomic mass is 19.1. The van der Waals surface area contributed by atoms with E-state index in [0.29, 0.717) is 0 Å². The van der Waals surface area contributed by atoms with E-state index in [1.807, 2.05) is 0 Å². The summed E-state index contributed by atoms with van der Waals surface area (Å²) in [5.41, 5.74) is -4.70. The van der Waals surface area contributed by atoms with Gasteiger partial charge in [-0.15, -0.1) is 0 Å². The quantitative estimate of drug-likeness (QED) is 0.582. The topological polar surface area (TPSA) is 66.0 Å². The van der Waals surface area contributed by atoms with Gasteiger partial charge < -0.3 is 9.47 Å². The highest BCUT2D eigenvalue weighted by Gasteiger charge is 2.55. The third-order valence-electron chi connectivity index (χ3n) is 2.70. The molecule has 98 valence electrons. The van der Waals surface area contributed by atoms with Crippen LogP contribution in [-0.2, 0) is 15.1 Å². The van der Waals surface area contributed by atoms with Crippen molar-refractivity contribution in [2.24, 2.45) is 0 Å². The van der Waals surface area contributed by atoms with Crippen LogP contribution >= 0.6 is 0 Å². The zero-order chi connectivity index (χ0) is 14.4. The maximum absolute atomic E-state index is 15.2. The molecule has 0 saturated heterocycles. The van der Waals surface area contributed by atoms with Crippen LogP contribution in [0.4, 0.5) is 4.39 Å². The van der Waals surface area contributed by atoms with Gasteiger partial charge >= 0.3 is 0 Å². The molecule has 0 aromatic heterocycles. The van der Waals surface area contributed by atoms with E-state index < -0.39 is 11.3 Å². The van der Waals surface area contributed by atoms with Crippen molar-refractivity contribution in [3.8, 4) is 12.1 Å². The average Bonchev–Trinajstić information content (AvgIpc) is 2.49. The van der Waals surface area contributed by atoms with Gasteiger partial charge in [-0.1, -0.05) is 36.9 Å². The summed E-state index contributed by atoms with van der Waals surface area (Å²) < 4.78 is 24.8. The van der Waals surface area contributed by atoms with Crippen molar-refractivity contribution in [2.75, 3.05) is 13.9 Å². The molecule has 0 amide bonds. The van der Waals surface area contributed by atoms with Crippen molar-refractivity contribution in [1.82, 2.24) is 0 Å². The lowest BCUT2D eigenvalue weighted by Crippen LogP contribution is -2.48. The van der Waals surface area contributed by atoms with Crippen molar-refractivity contribution < 1.29 is 13.9 Å². The van der Waals surface area contributed by atoms with E-state index >= 15 is 4.39 Å². The van der Waals surface area contributed by atoms with Crippen LogP contribution in [0.15, 0.2) is 43.0 Å². The van der Waals surface area contributed by atoms with Crippen LogP contribution in [0.25, 0.3) is 0 Å². The number of halogens is 1. The van der Waals surface area contributed by atoms with E-state index in [-0.39, 0.29) is 12.4 Å². The minimum Gasteiger partial charge on any atom is -0.359 e. The second kappa shape index (κ2) is 6.10. The molecule has 19 heavy (non-hydrogen) atoms. The van der Waals surface area contributed by atoms with Gasteiger partial charge in [0.05, 0.1) is 0 Å². The molecule has 0 aliphatic rings. The van der Waals surface area contributed by atoms with Gasteiger partial charge in [0.25, 0.3) is 5.60 Å². The first-order chi connectivity index (χ1) is 9.10. The van der Waals surface area contributed by atoms with Crippen LogP contribution < -0.4 is 0 Å². The minimum absolute atomic E-state index is 0.115. The van der Waals surface area contributed by atoms with Crippen LogP contribution in [0.5, 0.6) is 0 Å². The zero-order valence-corrected chi connectivity index (χ0v) is 10.5. The van der Waals surface area contributed by atoms with Crippen LogP contribution in [0.1, 0.15) is 5.56 Å². The molecule has 4 nitrogen and oxygen atoms in total. The lowest BCUT2D eigenvalue weighted by Gasteiger charge is -2.32. The predicted molar refractivity (Wildman–Crippen MR) is 66.3 cm³/mol. The van der Waals surface area contributed by atoms with Gasteiger partial charge in [-0.25, -0.2) is 4.39 Å². The monoisotopic (exact) mass is 260 g/mol. The molecule has 1 atom stereocenters. The van der Waals surface area contributed by atoms with Crippen LogP contribution in [0, 0.1) is 22.7 Å².